The number of methoxy groups -OCH3 is 2. The SMILES string of the molecule is COCCOCC(=O)NC(CCCl)COC. The van der Waals surface area contributed by atoms with Gasteiger partial charge in [-0.1, -0.05) is 0 Å². The van der Waals surface area contributed by atoms with E-state index >= 15 is 0 Å². The number of hydrogen-bond acceptors (Lipinski definition) is 4. The molecule has 0 aliphatic rings. The number of amides is 1. The van der Waals surface area contributed by atoms with Crippen LogP contribution in [0.2, 0.25) is 0 Å². The van der Waals surface area contributed by atoms with Crippen LogP contribution < -0.4 is 5.32 Å². The Bertz CT molecular complexity index is 174. The molecular formula is C10H20ClNO4. The smallest absolute Gasteiger partial charge is 0.246 e. The summed E-state index contributed by atoms with van der Waals surface area (Å²) < 4.78 is 14.8. The van der Waals surface area contributed by atoms with E-state index in [9.17, 15) is 4.79 Å². The van der Waals surface area contributed by atoms with Gasteiger partial charge in [-0.3, -0.25) is 4.79 Å². The fourth-order valence-electron chi connectivity index (χ4n) is 1.11. The third-order valence-corrected chi connectivity index (χ3v) is 2.07. The number of carbonyl (C=O) groups is 1. The van der Waals surface area contributed by atoms with Gasteiger partial charge in [0.05, 0.1) is 25.9 Å². The zero-order chi connectivity index (χ0) is 12.2. The van der Waals surface area contributed by atoms with Crippen molar-refractivity contribution < 1.29 is 19.0 Å². The van der Waals surface area contributed by atoms with E-state index in [0.717, 1.165) is 0 Å². The van der Waals surface area contributed by atoms with Crippen molar-refractivity contribution in [2.75, 3.05) is 46.5 Å². The first-order valence-corrected chi connectivity index (χ1v) is 5.69. The Hall–Kier alpha value is -0.360. The summed E-state index contributed by atoms with van der Waals surface area (Å²) in [6, 6.07) is -0.0546. The predicted molar refractivity (Wildman–Crippen MR) is 61.8 cm³/mol. The van der Waals surface area contributed by atoms with Crippen LogP contribution in [0.4, 0.5) is 0 Å². The molecule has 1 unspecified atom stereocenters. The van der Waals surface area contributed by atoms with Gasteiger partial charge in [-0.2, -0.15) is 0 Å². The molecule has 1 amide bonds. The van der Waals surface area contributed by atoms with Crippen molar-refractivity contribution in [3.05, 3.63) is 0 Å². The first-order chi connectivity index (χ1) is 7.74. The summed E-state index contributed by atoms with van der Waals surface area (Å²) in [6.07, 6.45) is 0.680. The monoisotopic (exact) mass is 253 g/mol. The molecule has 1 atom stereocenters. The Labute approximate surface area is 101 Å². The highest BCUT2D eigenvalue weighted by Crippen LogP contribution is 1.95. The summed E-state index contributed by atoms with van der Waals surface area (Å²) in [7, 11) is 3.17. The van der Waals surface area contributed by atoms with E-state index in [1.807, 2.05) is 0 Å². The molecule has 0 aromatic carbocycles. The molecule has 0 spiro atoms. The zero-order valence-corrected chi connectivity index (χ0v) is 10.6. The van der Waals surface area contributed by atoms with Crippen molar-refractivity contribution >= 4 is 17.5 Å². The van der Waals surface area contributed by atoms with Crippen LogP contribution in [0.5, 0.6) is 0 Å². The maximum Gasteiger partial charge on any atom is 0.246 e. The minimum absolute atomic E-state index is 0.0336. The molecule has 0 aliphatic carbocycles. The van der Waals surface area contributed by atoms with E-state index in [4.69, 9.17) is 25.8 Å². The number of carbonyl (C=O) groups excluding carboxylic acids is 1. The molecule has 6 heteroatoms. The summed E-state index contributed by atoms with van der Waals surface area (Å²) in [5.74, 6) is 0.321. The standard InChI is InChI=1S/C10H20ClNO4/c1-14-5-6-16-8-10(13)12-9(3-4-11)7-15-2/h9H,3-8H2,1-2H3,(H,12,13). The lowest BCUT2D eigenvalue weighted by atomic mass is 10.2. The Morgan fingerprint density at radius 2 is 2.06 bits per heavy atom. The van der Waals surface area contributed by atoms with Crippen LogP contribution in [0.15, 0.2) is 0 Å². The molecule has 0 aromatic rings. The summed E-state index contributed by atoms with van der Waals surface area (Å²) >= 11 is 5.61. The number of halogens is 1. The summed E-state index contributed by atoms with van der Waals surface area (Å²) in [4.78, 5) is 11.4. The molecule has 0 saturated carbocycles. The Morgan fingerprint density at radius 1 is 1.31 bits per heavy atom. The van der Waals surface area contributed by atoms with Crippen LogP contribution in [0.1, 0.15) is 6.42 Å². The summed E-state index contributed by atoms with van der Waals surface area (Å²) in [5, 5.41) is 2.78. The second-order valence-electron chi connectivity index (χ2n) is 3.24. The van der Waals surface area contributed by atoms with Gasteiger partial charge in [0.25, 0.3) is 0 Å². The van der Waals surface area contributed by atoms with Gasteiger partial charge in [0.1, 0.15) is 6.61 Å². The fraction of sp³-hybridized carbons (Fsp3) is 0.900. The van der Waals surface area contributed by atoms with Gasteiger partial charge < -0.3 is 19.5 Å². The van der Waals surface area contributed by atoms with Gasteiger partial charge in [0.2, 0.25) is 5.91 Å². The van der Waals surface area contributed by atoms with Gasteiger partial charge in [-0.05, 0) is 6.42 Å². The normalized spacial score (nSPS) is 12.4. The lowest BCUT2D eigenvalue weighted by Crippen LogP contribution is -2.40. The Kier molecular flexibility index (Phi) is 10.9. The van der Waals surface area contributed by atoms with E-state index in [-0.39, 0.29) is 18.6 Å². The number of nitrogens with one attached hydrogen (secondary N) is 1. The highest BCUT2D eigenvalue weighted by Gasteiger charge is 2.11. The molecule has 0 aromatic heterocycles. The molecule has 1 N–H and O–H groups in total. The number of hydrogen-bond donors (Lipinski definition) is 1. The third-order valence-electron chi connectivity index (χ3n) is 1.86. The van der Waals surface area contributed by atoms with Crippen LogP contribution in [-0.2, 0) is 19.0 Å². The van der Waals surface area contributed by atoms with E-state index < -0.39 is 0 Å². The van der Waals surface area contributed by atoms with Crippen LogP contribution in [0.25, 0.3) is 0 Å². The average molecular weight is 254 g/mol. The van der Waals surface area contributed by atoms with Crippen molar-refractivity contribution in [1.82, 2.24) is 5.32 Å². The summed E-state index contributed by atoms with van der Waals surface area (Å²) in [5.41, 5.74) is 0. The van der Waals surface area contributed by atoms with Gasteiger partial charge in [-0.25, -0.2) is 0 Å². The molecule has 96 valence electrons. The lowest BCUT2D eigenvalue weighted by molar-refractivity contribution is -0.127. The third kappa shape index (κ3) is 8.91. The molecule has 0 fully saturated rings. The maximum absolute atomic E-state index is 11.4. The molecule has 0 aliphatic heterocycles. The maximum atomic E-state index is 11.4. The van der Waals surface area contributed by atoms with Crippen LogP contribution in [0.3, 0.4) is 0 Å². The Morgan fingerprint density at radius 3 is 2.62 bits per heavy atom. The van der Waals surface area contributed by atoms with Gasteiger partial charge >= 0.3 is 0 Å². The van der Waals surface area contributed by atoms with Crippen molar-refractivity contribution in [3.63, 3.8) is 0 Å². The first kappa shape index (κ1) is 15.6. The molecule has 0 rings (SSSR count). The second kappa shape index (κ2) is 11.1. The molecule has 5 nitrogen and oxygen atoms in total. The molecule has 0 heterocycles. The first-order valence-electron chi connectivity index (χ1n) is 5.15. The van der Waals surface area contributed by atoms with Crippen molar-refractivity contribution in [1.29, 1.82) is 0 Å². The minimum Gasteiger partial charge on any atom is -0.383 e. The number of ether oxygens (including phenoxy) is 3. The van der Waals surface area contributed by atoms with Crippen LogP contribution in [0, 0.1) is 0 Å². The van der Waals surface area contributed by atoms with E-state index in [1.54, 1.807) is 14.2 Å². The second-order valence-corrected chi connectivity index (χ2v) is 3.62. The van der Waals surface area contributed by atoms with E-state index in [0.29, 0.717) is 32.1 Å². The average Bonchev–Trinajstić information content (AvgIpc) is 2.25. The van der Waals surface area contributed by atoms with Gasteiger partial charge in [-0.15, -0.1) is 11.6 Å². The topological polar surface area (TPSA) is 56.8 Å². The molecule has 0 saturated heterocycles. The Balaban J connectivity index is 3.63. The largest absolute Gasteiger partial charge is 0.383 e. The van der Waals surface area contributed by atoms with Gasteiger partial charge in [0, 0.05) is 20.1 Å². The van der Waals surface area contributed by atoms with E-state index in [1.165, 1.54) is 0 Å². The van der Waals surface area contributed by atoms with Gasteiger partial charge in [0.15, 0.2) is 0 Å². The van der Waals surface area contributed by atoms with Crippen LogP contribution in [-0.4, -0.2) is 58.5 Å². The van der Waals surface area contributed by atoms with Crippen molar-refractivity contribution in [3.8, 4) is 0 Å². The lowest BCUT2D eigenvalue weighted by Gasteiger charge is -2.16. The molecule has 0 bridgehead atoms. The number of rotatable bonds is 10. The number of alkyl halides is 1. The molecule has 0 radical (unpaired) electrons. The molecule has 16 heavy (non-hydrogen) atoms. The van der Waals surface area contributed by atoms with Crippen molar-refractivity contribution in [2.24, 2.45) is 0 Å². The summed E-state index contributed by atoms with van der Waals surface area (Å²) in [6.45, 7) is 1.38. The zero-order valence-electron chi connectivity index (χ0n) is 9.83. The van der Waals surface area contributed by atoms with Crippen LogP contribution >= 0.6 is 11.6 Å². The predicted octanol–water partition coefficient (Wildman–Crippen LogP) is 0.409. The highest BCUT2D eigenvalue weighted by molar-refractivity contribution is 6.17. The highest BCUT2D eigenvalue weighted by atomic mass is 35.5. The quantitative estimate of drug-likeness (QED) is 0.453. The molecular weight excluding hydrogens is 234 g/mol. The minimum atomic E-state index is -0.164. The van der Waals surface area contributed by atoms with E-state index in [2.05, 4.69) is 5.32 Å². The fourth-order valence-corrected chi connectivity index (χ4v) is 1.37. The van der Waals surface area contributed by atoms with Crippen molar-refractivity contribution in [2.45, 2.75) is 12.5 Å².